The SMILES string of the molecule is COc1ccc(C(N)c2ccc(Br)c(Cl)c2F)cc1Br. The van der Waals surface area contributed by atoms with E-state index in [1.807, 2.05) is 0 Å². The predicted molar refractivity (Wildman–Crippen MR) is 85.8 cm³/mol. The number of benzene rings is 2. The fraction of sp³-hybridized carbons (Fsp3) is 0.143. The second kappa shape index (κ2) is 6.43. The van der Waals surface area contributed by atoms with E-state index in [9.17, 15) is 4.39 Å². The second-order valence-electron chi connectivity index (χ2n) is 4.14. The van der Waals surface area contributed by atoms with Crippen LogP contribution in [0.15, 0.2) is 39.3 Å². The third-order valence-electron chi connectivity index (χ3n) is 2.94. The number of hydrogen-bond acceptors (Lipinski definition) is 2. The van der Waals surface area contributed by atoms with Crippen molar-refractivity contribution < 1.29 is 9.13 Å². The Bertz CT molecular complexity index is 651. The Hall–Kier alpha value is -0.620. The van der Waals surface area contributed by atoms with Crippen LogP contribution in [0.5, 0.6) is 5.75 Å². The Morgan fingerprint density at radius 3 is 2.50 bits per heavy atom. The summed E-state index contributed by atoms with van der Waals surface area (Å²) < 4.78 is 20.6. The summed E-state index contributed by atoms with van der Waals surface area (Å²) in [6, 6.07) is 8.07. The monoisotopic (exact) mass is 421 g/mol. The first-order valence-corrected chi connectivity index (χ1v) is 7.64. The molecule has 0 saturated carbocycles. The summed E-state index contributed by atoms with van der Waals surface area (Å²) in [7, 11) is 1.58. The summed E-state index contributed by atoms with van der Waals surface area (Å²) in [6.07, 6.45) is 0. The molecule has 0 amide bonds. The highest BCUT2D eigenvalue weighted by Gasteiger charge is 2.18. The highest BCUT2D eigenvalue weighted by Crippen LogP contribution is 2.34. The van der Waals surface area contributed by atoms with E-state index in [1.54, 1.807) is 37.4 Å². The molecule has 6 heteroatoms. The summed E-state index contributed by atoms with van der Waals surface area (Å²) in [5.41, 5.74) is 7.22. The van der Waals surface area contributed by atoms with Crippen LogP contribution >= 0.6 is 43.5 Å². The first kappa shape index (κ1) is 15.8. The standard InChI is InChI=1S/C14H11Br2ClFNO/c1-20-11-5-2-7(6-10(11)16)14(19)8-3-4-9(15)12(17)13(8)18/h2-6,14H,19H2,1H3. The van der Waals surface area contributed by atoms with Gasteiger partial charge in [0.05, 0.1) is 22.6 Å². The highest BCUT2D eigenvalue weighted by molar-refractivity contribution is 9.10. The lowest BCUT2D eigenvalue weighted by molar-refractivity contribution is 0.412. The van der Waals surface area contributed by atoms with E-state index in [0.29, 0.717) is 15.8 Å². The van der Waals surface area contributed by atoms with Gasteiger partial charge in [0.2, 0.25) is 0 Å². The first-order chi connectivity index (χ1) is 9.45. The van der Waals surface area contributed by atoms with Gasteiger partial charge in [-0.15, -0.1) is 0 Å². The molecule has 2 aromatic rings. The molecule has 0 saturated heterocycles. The van der Waals surface area contributed by atoms with Gasteiger partial charge in [-0.1, -0.05) is 23.7 Å². The summed E-state index contributed by atoms with van der Waals surface area (Å²) >= 11 is 12.5. The van der Waals surface area contributed by atoms with Crippen LogP contribution in [0.2, 0.25) is 5.02 Å². The lowest BCUT2D eigenvalue weighted by atomic mass is 9.99. The van der Waals surface area contributed by atoms with Crippen LogP contribution in [-0.4, -0.2) is 7.11 Å². The van der Waals surface area contributed by atoms with E-state index in [-0.39, 0.29) is 5.02 Å². The molecule has 1 atom stereocenters. The van der Waals surface area contributed by atoms with Crippen LogP contribution < -0.4 is 10.5 Å². The third-order valence-corrected chi connectivity index (χ3v) is 4.81. The van der Waals surface area contributed by atoms with Crippen LogP contribution in [-0.2, 0) is 0 Å². The van der Waals surface area contributed by atoms with Gasteiger partial charge in [0, 0.05) is 10.0 Å². The quantitative estimate of drug-likeness (QED) is 0.701. The lowest BCUT2D eigenvalue weighted by Gasteiger charge is -2.16. The number of methoxy groups -OCH3 is 1. The van der Waals surface area contributed by atoms with Crippen molar-refractivity contribution in [2.45, 2.75) is 6.04 Å². The topological polar surface area (TPSA) is 35.2 Å². The summed E-state index contributed by atoms with van der Waals surface area (Å²) in [5.74, 6) is 0.177. The van der Waals surface area contributed by atoms with E-state index in [2.05, 4.69) is 31.9 Å². The molecule has 0 spiro atoms. The van der Waals surface area contributed by atoms with Gasteiger partial charge in [-0.05, 0) is 55.6 Å². The minimum Gasteiger partial charge on any atom is -0.496 e. The van der Waals surface area contributed by atoms with Crippen molar-refractivity contribution in [3.8, 4) is 5.75 Å². The van der Waals surface area contributed by atoms with E-state index in [4.69, 9.17) is 22.1 Å². The molecular formula is C14H11Br2ClFNO. The fourth-order valence-electron chi connectivity index (χ4n) is 1.84. The minimum absolute atomic E-state index is 0.0329. The maximum Gasteiger partial charge on any atom is 0.148 e. The molecule has 0 bridgehead atoms. The average Bonchev–Trinajstić information content (AvgIpc) is 2.44. The summed E-state index contributed by atoms with van der Waals surface area (Å²) in [6.45, 7) is 0. The fourth-order valence-corrected chi connectivity index (χ4v) is 2.87. The largest absolute Gasteiger partial charge is 0.496 e. The van der Waals surface area contributed by atoms with Gasteiger partial charge in [-0.3, -0.25) is 0 Å². The maximum absolute atomic E-state index is 14.2. The summed E-state index contributed by atoms with van der Waals surface area (Å²) in [4.78, 5) is 0. The molecule has 0 aliphatic heterocycles. The van der Waals surface area contributed by atoms with E-state index < -0.39 is 11.9 Å². The number of halogens is 4. The van der Waals surface area contributed by atoms with Crippen molar-refractivity contribution in [3.63, 3.8) is 0 Å². The van der Waals surface area contributed by atoms with Crippen molar-refractivity contribution in [2.75, 3.05) is 7.11 Å². The maximum atomic E-state index is 14.2. The number of nitrogens with two attached hydrogens (primary N) is 1. The average molecular weight is 424 g/mol. The Kier molecular flexibility index (Phi) is 5.07. The Labute approximate surface area is 138 Å². The van der Waals surface area contributed by atoms with Gasteiger partial charge >= 0.3 is 0 Å². The Morgan fingerprint density at radius 1 is 1.20 bits per heavy atom. The molecule has 1 unspecified atom stereocenters. The van der Waals surface area contributed by atoms with Gasteiger partial charge in [0.15, 0.2) is 0 Å². The second-order valence-corrected chi connectivity index (χ2v) is 6.22. The zero-order chi connectivity index (χ0) is 14.9. The molecule has 20 heavy (non-hydrogen) atoms. The zero-order valence-corrected chi connectivity index (χ0v) is 14.4. The predicted octanol–water partition coefficient (Wildman–Crippen LogP) is 5.06. The van der Waals surface area contributed by atoms with Crippen LogP contribution in [0, 0.1) is 5.82 Å². The molecule has 0 aromatic heterocycles. The molecule has 0 aliphatic rings. The third kappa shape index (κ3) is 3.01. The van der Waals surface area contributed by atoms with E-state index in [0.717, 1.165) is 10.0 Å². The zero-order valence-electron chi connectivity index (χ0n) is 10.5. The number of rotatable bonds is 3. The van der Waals surface area contributed by atoms with Gasteiger partial charge < -0.3 is 10.5 Å². The number of hydrogen-bond donors (Lipinski definition) is 1. The molecule has 0 heterocycles. The van der Waals surface area contributed by atoms with Crippen LogP contribution in [0.4, 0.5) is 4.39 Å². The van der Waals surface area contributed by atoms with Gasteiger partial charge in [0.25, 0.3) is 0 Å². The molecule has 0 radical (unpaired) electrons. The van der Waals surface area contributed by atoms with Crippen LogP contribution in [0.1, 0.15) is 17.2 Å². The lowest BCUT2D eigenvalue weighted by Crippen LogP contribution is -2.14. The van der Waals surface area contributed by atoms with E-state index in [1.165, 1.54) is 0 Å². The molecular weight excluding hydrogens is 412 g/mol. The van der Waals surface area contributed by atoms with Gasteiger partial charge in [-0.2, -0.15) is 0 Å². The Balaban J connectivity index is 2.44. The van der Waals surface area contributed by atoms with E-state index >= 15 is 0 Å². The smallest absolute Gasteiger partial charge is 0.148 e. The Morgan fingerprint density at radius 2 is 1.90 bits per heavy atom. The van der Waals surface area contributed by atoms with Gasteiger partial charge in [-0.25, -0.2) is 4.39 Å². The highest BCUT2D eigenvalue weighted by atomic mass is 79.9. The van der Waals surface area contributed by atoms with Crippen molar-refractivity contribution in [1.82, 2.24) is 0 Å². The molecule has 2 N–H and O–H groups in total. The minimum atomic E-state index is -0.609. The molecule has 2 aromatic carbocycles. The molecule has 2 rings (SSSR count). The van der Waals surface area contributed by atoms with Gasteiger partial charge in [0.1, 0.15) is 11.6 Å². The van der Waals surface area contributed by atoms with Crippen molar-refractivity contribution in [3.05, 3.63) is 61.2 Å². The summed E-state index contributed by atoms with van der Waals surface area (Å²) in [5, 5.41) is 0.0329. The first-order valence-electron chi connectivity index (χ1n) is 5.68. The van der Waals surface area contributed by atoms with Crippen LogP contribution in [0.3, 0.4) is 0 Å². The van der Waals surface area contributed by atoms with Crippen molar-refractivity contribution in [1.29, 1.82) is 0 Å². The van der Waals surface area contributed by atoms with Crippen LogP contribution in [0.25, 0.3) is 0 Å². The molecule has 0 aliphatic carbocycles. The molecule has 0 fully saturated rings. The number of ether oxygens (including phenoxy) is 1. The van der Waals surface area contributed by atoms with Crippen molar-refractivity contribution >= 4 is 43.5 Å². The normalized spacial score (nSPS) is 12.3. The molecule has 106 valence electrons. The van der Waals surface area contributed by atoms with Crippen molar-refractivity contribution in [2.24, 2.45) is 5.73 Å². The molecule has 2 nitrogen and oxygen atoms in total.